The minimum atomic E-state index is -1.44. The van der Waals surface area contributed by atoms with Crippen LogP contribution in [0, 0.1) is 11.3 Å². The Hall–Kier alpha value is -4.23. The number of Topliss-reactive ketones (excluding diaryl/α,β-unsaturated/α-hetero) is 2. The molecule has 1 saturated carbocycles. The molecule has 17 heteroatoms. The van der Waals surface area contributed by atoms with Crippen molar-refractivity contribution in [2.24, 2.45) is 11.3 Å². The molecule has 3 aromatic rings. The van der Waals surface area contributed by atoms with Crippen molar-refractivity contribution in [1.29, 1.82) is 0 Å². The molecule has 2 heterocycles. The van der Waals surface area contributed by atoms with Gasteiger partial charge in [0.25, 0.3) is 0 Å². The first-order chi connectivity index (χ1) is 21.2. The van der Waals surface area contributed by atoms with Crippen molar-refractivity contribution in [3.05, 3.63) is 41.7 Å². The first kappa shape index (κ1) is 37.0. The van der Waals surface area contributed by atoms with Gasteiger partial charge in [0.2, 0.25) is 5.95 Å². The van der Waals surface area contributed by atoms with E-state index in [1.54, 1.807) is 49.2 Å². The van der Waals surface area contributed by atoms with Crippen LogP contribution in [0.3, 0.4) is 0 Å². The molecular weight excluding hydrogens is 793 g/mol. The summed E-state index contributed by atoms with van der Waals surface area (Å²) in [4.78, 5) is 74.3. The van der Waals surface area contributed by atoms with Crippen LogP contribution in [0.4, 0.5) is 17.5 Å². The number of nitrogen functional groups attached to an aromatic ring is 2. The number of carboxylic acids is 3. The molecule has 1 unspecified atom stereocenters. The maximum atomic E-state index is 12.5. The van der Waals surface area contributed by atoms with E-state index in [2.05, 4.69) is 29.4 Å². The molecule has 1 aliphatic rings. The average molecular weight is 826 g/mol. The number of aliphatic carboxylic acids is 3. The fourth-order valence-corrected chi connectivity index (χ4v) is 4.38. The molecule has 45 heavy (non-hydrogen) atoms. The molecule has 1 atom stereocenters. The summed E-state index contributed by atoms with van der Waals surface area (Å²) in [7, 11) is 6.47. The van der Waals surface area contributed by atoms with E-state index in [1.807, 2.05) is 11.9 Å². The summed E-state index contributed by atoms with van der Waals surface area (Å²) >= 11 is 1.61. The fourth-order valence-electron chi connectivity index (χ4n) is 4.38. The molecule has 4 rings (SSSR count). The average Bonchev–Trinajstić information content (AvgIpc) is 2.95. The predicted molar refractivity (Wildman–Crippen MR) is 160 cm³/mol. The number of fused-ring (bicyclic) bond motifs is 1. The van der Waals surface area contributed by atoms with Crippen LogP contribution in [-0.4, -0.2) is 71.8 Å². The van der Waals surface area contributed by atoms with Gasteiger partial charge in [0, 0.05) is 31.1 Å². The monoisotopic (exact) mass is 825 g/mol. The first-order valence-corrected chi connectivity index (χ1v) is 16.2. The summed E-state index contributed by atoms with van der Waals surface area (Å²) in [5, 5.41) is 26.3. The molecule has 0 spiro atoms. The molecule has 1 aromatic carbocycles. The summed E-state index contributed by atoms with van der Waals surface area (Å²) in [6.07, 6.45) is 2.96. The number of nitrogens with zero attached hydrogens (tertiary/aromatic N) is 5. The van der Waals surface area contributed by atoms with Crippen molar-refractivity contribution in [2.45, 2.75) is 52.0 Å². The van der Waals surface area contributed by atoms with Gasteiger partial charge in [-0.05, 0) is 56.9 Å². The van der Waals surface area contributed by atoms with Gasteiger partial charge in [0.05, 0.1) is 24.4 Å². The van der Waals surface area contributed by atoms with Crippen LogP contribution >= 0.6 is 9.42 Å². The van der Waals surface area contributed by atoms with E-state index in [0.717, 1.165) is 5.69 Å². The maximum absolute atomic E-state index is 12.5. The Labute approximate surface area is 273 Å². The van der Waals surface area contributed by atoms with E-state index >= 15 is 0 Å². The van der Waals surface area contributed by atoms with E-state index in [4.69, 9.17) is 21.7 Å². The van der Waals surface area contributed by atoms with E-state index in [0.29, 0.717) is 35.4 Å². The Kier molecular flexibility index (Phi) is 13.7. The zero-order valence-electron chi connectivity index (χ0n) is 24.4. The molecule has 1 aliphatic carbocycles. The summed E-state index contributed by atoms with van der Waals surface area (Å²) in [6.45, 7) is 1.81. The quantitative estimate of drug-likeness (QED) is 0.130. The van der Waals surface area contributed by atoms with E-state index < -0.39 is 29.2 Å². The van der Waals surface area contributed by atoms with Gasteiger partial charge in [-0.25, -0.2) is 9.97 Å². The van der Waals surface area contributed by atoms with E-state index in [9.17, 15) is 29.1 Å². The van der Waals surface area contributed by atoms with Gasteiger partial charge in [-0.2, -0.15) is 9.97 Å². The van der Waals surface area contributed by atoms with Gasteiger partial charge in [0.1, 0.15) is 5.78 Å². The molecule has 15 nitrogen and oxygen atoms in total. The van der Waals surface area contributed by atoms with Gasteiger partial charge in [-0.15, -0.1) is 0 Å². The molecule has 0 aliphatic heterocycles. The van der Waals surface area contributed by atoms with Crippen molar-refractivity contribution in [3.8, 4) is 0 Å². The number of hydrogen-bond acceptors (Lipinski definition) is 12. The normalized spacial score (nSPS) is 13.5. The Morgan fingerprint density at radius 1 is 1.00 bits per heavy atom. The molecule has 0 saturated heterocycles. The Balaban J connectivity index is 0.000000495. The van der Waals surface area contributed by atoms with Crippen molar-refractivity contribution in [2.75, 3.05) is 23.4 Å². The second kappa shape index (κ2) is 16.7. The summed E-state index contributed by atoms with van der Waals surface area (Å²) in [5.74, 6) is -4.57. The number of carboxylic acid groups (broad SMARTS) is 3. The number of ketones is 2. The molecule has 2 aromatic heterocycles. The zero-order chi connectivity index (χ0) is 33.9. The van der Waals surface area contributed by atoms with Crippen molar-refractivity contribution >= 4 is 67.5 Å². The second-order valence-electron chi connectivity index (χ2n) is 10.4. The Morgan fingerprint density at radius 2 is 1.60 bits per heavy atom. The van der Waals surface area contributed by atoms with Crippen LogP contribution in [-0.2, 0) is 44.5 Å². The fraction of sp³-hybridized carbons (Fsp3) is 0.393. The van der Waals surface area contributed by atoms with Crippen LogP contribution in [0.25, 0.3) is 11.2 Å². The van der Waals surface area contributed by atoms with Crippen LogP contribution in [0.5, 0.6) is 0 Å². The standard InChI is InChI=1S/C22H25N7O4.C6H8O4.ClH.Pt/c1-12(30)3-4-14(21(32)33)9-17(31)13-5-7-16(8-6-13)29(2)11-15-10-25-20-18(26-15)19(23)27-22(24)28-20;7-4(8)6(5(9)10)2-1-3-6;;/h5-8,10,14H,3-4,9,11H2,1-2H3,(H,32,33)(H4,23,24,25,27,28);1-3H2,(H,7,8)(H,9,10);1H;/q;;;+2/p-1. The summed E-state index contributed by atoms with van der Waals surface area (Å²) in [6, 6.07) is 6.84. The molecular formula is C28H33ClN7O8Pt+. The molecule has 0 bridgehead atoms. The topological polar surface area (TPSA) is 253 Å². The molecule has 244 valence electrons. The summed E-state index contributed by atoms with van der Waals surface area (Å²) in [5.41, 5.74) is 12.6. The summed E-state index contributed by atoms with van der Waals surface area (Å²) < 4.78 is 0. The van der Waals surface area contributed by atoms with Crippen molar-refractivity contribution in [3.63, 3.8) is 0 Å². The van der Waals surface area contributed by atoms with Gasteiger partial charge in [-0.1, -0.05) is 0 Å². The van der Waals surface area contributed by atoms with Gasteiger partial charge in [-0.3, -0.25) is 19.2 Å². The van der Waals surface area contributed by atoms with E-state index in [1.165, 1.54) is 6.92 Å². The van der Waals surface area contributed by atoms with Crippen LogP contribution in [0.15, 0.2) is 30.5 Å². The minimum absolute atomic E-state index is 0.0299. The van der Waals surface area contributed by atoms with Crippen LogP contribution < -0.4 is 16.4 Å². The van der Waals surface area contributed by atoms with Crippen molar-refractivity contribution in [1.82, 2.24) is 19.9 Å². The first-order valence-electron chi connectivity index (χ1n) is 13.4. The number of carbonyl (C=O) groups is 5. The van der Waals surface area contributed by atoms with Gasteiger partial charge < -0.3 is 36.5 Å². The number of hydrogen-bond donors (Lipinski definition) is 5. The number of anilines is 3. The molecule has 0 amide bonds. The van der Waals surface area contributed by atoms with E-state index in [-0.39, 0.29) is 55.4 Å². The van der Waals surface area contributed by atoms with Crippen LogP contribution in [0.2, 0.25) is 0 Å². The number of benzene rings is 1. The van der Waals surface area contributed by atoms with Gasteiger partial charge in [0.15, 0.2) is 28.2 Å². The second-order valence-corrected chi connectivity index (χ2v) is 10.4. The third-order valence-electron chi connectivity index (χ3n) is 7.18. The Bertz CT molecular complexity index is 1540. The van der Waals surface area contributed by atoms with Crippen LogP contribution in [0.1, 0.15) is 61.5 Å². The number of carbonyl (C=O) groups excluding carboxylic acids is 2. The number of halogens is 1. The van der Waals surface area contributed by atoms with Gasteiger partial charge >= 0.3 is 46.1 Å². The zero-order valence-corrected chi connectivity index (χ0v) is 27.4. The van der Waals surface area contributed by atoms with Crippen molar-refractivity contribution < 1.29 is 58.1 Å². The Morgan fingerprint density at radius 3 is 2.07 bits per heavy atom. The SMILES string of the molecule is CC(=O)CCC(CC(=O)c1ccc(N(C)Cc2cnc3nc(N)nc(N)c3n2)cc1)C(=O)O.O=C(O)C1(C(=O)O)CCC1.[Cl][Pt+]. The number of aromatic nitrogens is 4. The molecule has 7 N–H and O–H groups in total. The third-order valence-corrected chi connectivity index (χ3v) is 7.18. The number of rotatable bonds is 12. The molecule has 0 radical (unpaired) electrons. The third kappa shape index (κ3) is 9.88. The molecule has 1 fully saturated rings. The predicted octanol–water partition coefficient (Wildman–Crippen LogP) is 2.88. The number of nitrogens with two attached hydrogens (primary N) is 2.